The molecule has 13 heavy (non-hydrogen) atoms. The Kier molecular flexibility index (Phi) is 6.48. The minimum absolute atomic E-state index is 0.0403. The number of aliphatic hydroxyl groups excluding tert-OH is 1. The SMILES string of the molecule is CCN(CCO)C(COC)C(=O)O. The first-order valence-electron chi connectivity index (χ1n) is 4.24. The molecule has 0 spiro atoms. The summed E-state index contributed by atoms with van der Waals surface area (Å²) in [5.41, 5.74) is 0. The molecular weight excluding hydrogens is 174 g/mol. The number of likely N-dealkylation sites (N-methyl/N-ethyl adjacent to an activating group) is 1. The van der Waals surface area contributed by atoms with Gasteiger partial charge >= 0.3 is 5.97 Å². The number of carboxylic acid groups (broad SMARTS) is 1. The van der Waals surface area contributed by atoms with Crippen LogP contribution in [0.25, 0.3) is 0 Å². The van der Waals surface area contributed by atoms with Crippen molar-refractivity contribution >= 4 is 5.97 Å². The van der Waals surface area contributed by atoms with E-state index in [2.05, 4.69) is 0 Å². The molecule has 0 rings (SSSR count). The standard InChI is InChI=1S/C8H17NO4/c1-3-9(4-5-10)7(6-13-2)8(11)12/h7,10H,3-6H2,1-2H3,(H,11,12). The highest BCUT2D eigenvalue weighted by Crippen LogP contribution is 1.99. The van der Waals surface area contributed by atoms with Crippen LogP contribution in [0.15, 0.2) is 0 Å². The lowest BCUT2D eigenvalue weighted by atomic mass is 10.2. The molecule has 2 N–H and O–H groups in total. The average molecular weight is 191 g/mol. The van der Waals surface area contributed by atoms with E-state index in [0.29, 0.717) is 13.1 Å². The maximum Gasteiger partial charge on any atom is 0.323 e. The number of hydrogen-bond acceptors (Lipinski definition) is 4. The maximum atomic E-state index is 10.8. The Bertz CT molecular complexity index is 151. The summed E-state index contributed by atoms with van der Waals surface area (Å²) in [5, 5.41) is 17.5. The van der Waals surface area contributed by atoms with Gasteiger partial charge in [-0.3, -0.25) is 9.69 Å². The van der Waals surface area contributed by atoms with Crippen molar-refractivity contribution in [2.45, 2.75) is 13.0 Å². The first kappa shape index (κ1) is 12.3. The quantitative estimate of drug-likeness (QED) is 0.562. The van der Waals surface area contributed by atoms with E-state index in [-0.39, 0.29) is 13.2 Å². The number of carboxylic acids is 1. The van der Waals surface area contributed by atoms with E-state index in [1.807, 2.05) is 6.92 Å². The largest absolute Gasteiger partial charge is 0.480 e. The van der Waals surface area contributed by atoms with Crippen molar-refractivity contribution in [3.8, 4) is 0 Å². The van der Waals surface area contributed by atoms with E-state index in [1.54, 1.807) is 4.90 Å². The van der Waals surface area contributed by atoms with Gasteiger partial charge < -0.3 is 14.9 Å². The highest BCUT2D eigenvalue weighted by Gasteiger charge is 2.23. The zero-order valence-electron chi connectivity index (χ0n) is 8.06. The summed E-state index contributed by atoms with van der Waals surface area (Å²) in [7, 11) is 1.46. The lowest BCUT2D eigenvalue weighted by molar-refractivity contribution is -0.145. The van der Waals surface area contributed by atoms with Crippen molar-refractivity contribution in [2.75, 3.05) is 33.4 Å². The lowest BCUT2D eigenvalue weighted by Crippen LogP contribution is -2.45. The van der Waals surface area contributed by atoms with Gasteiger partial charge in [0.1, 0.15) is 6.04 Å². The molecule has 0 aliphatic carbocycles. The monoisotopic (exact) mass is 191 g/mol. The summed E-state index contributed by atoms with van der Waals surface area (Å²) in [6.07, 6.45) is 0. The number of ether oxygens (including phenoxy) is 1. The van der Waals surface area contributed by atoms with Gasteiger partial charge in [0.25, 0.3) is 0 Å². The molecule has 0 aromatic heterocycles. The highest BCUT2D eigenvalue weighted by molar-refractivity contribution is 5.73. The fourth-order valence-corrected chi connectivity index (χ4v) is 1.15. The summed E-state index contributed by atoms with van der Waals surface area (Å²) in [5.74, 6) is -0.919. The lowest BCUT2D eigenvalue weighted by Gasteiger charge is -2.25. The smallest absolute Gasteiger partial charge is 0.323 e. The Labute approximate surface area is 77.9 Å². The second kappa shape index (κ2) is 6.82. The number of rotatable bonds is 7. The summed E-state index contributed by atoms with van der Waals surface area (Å²) < 4.78 is 4.79. The molecule has 0 radical (unpaired) electrons. The number of carbonyl (C=O) groups is 1. The molecule has 1 atom stereocenters. The number of aliphatic hydroxyl groups is 1. The number of hydrogen-bond donors (Lipinski definition) is 2. The van der Waals surface area contributed by atoms with Gasteiger partial charge in [-0.1, -0.05) is 6.92 Å². The summed E-state index contributed by atoms with van der Waals surface area (Å²) in [4.78, 5) is 12.4. The highest BCUT2D eigenvalue weighted by atomic mass is 16.5. The van der Waals surface area contributed by atoms with E-state index >= 15 is 0 Å². The first-order valence-corrected chi connectivity index (χ1v) is 4.24. The minimum Gasteiger partial charge on any atom is -0.480 e. The summed E-state index contributed by atoms with van der Waals surface area (Å²) >= 11 is 0. The third-order valence-corrected chi connectivity index (χ3v) is 1.84. The van der Waals surface area contributed by atoms with Crippen molar-refractivity contribution in [2.24, 2.45) is 0 Å². The van der Waals surface area contributed by atoms with Crippen LogP contribution in [0.4, 0.5) is 0 Å². The molecule has 0 fully saturated rings. The molecule has 78 valence electrons. The van der Waals surface area contributed by atoms with Gasteiger partial charge in [-0.05, 0) is 6.54 Å². The van der Waals surface area contributed by atoms with E-state index < -0.39 is 12.0 Å². The normalized spacial score (nSPS) is 13.2. The van der Waals surface area contributed by atoms with E-state index in [4.69, 9.17) is 14.9 Å². The molecule has 0 aromatic rings. The Morgan fingerprint density at radius 1 is 1.62 bits per heavy atom. The molecule has 5 nitrogen and oxygen atoms in total. The van der Waals surface area contributed by atoms with Crippen molar-refractivity contribution in [1.82, 2.24) is 4.90 Å². The Morgan fingerprint density at radius 3 is 2.54 bits per heavy atom. The summed E-state index contributed by atoms with van der Waals surface area (Å²) in [6.45, 7) is 2.89. The van der Waals surface area contributed by atoms with Crippen LogP contribution in [0.2, 0.25) is 0 Å². The van der Waals surface area contributed by atoms with E-state index in [9.17, 15) is 4.79 Å². The van der Waals surface area contributed by atoms with Crippen LogP contribution in [0, 0.1) is 0 Å². The topological polar surface area (TPSA) is 70.0 Å². The minimum atomic E-state index is -0.919. The number of methoxy groups -OCH3 is 1. The molecular formula is C8H17NO4. The third kappa shape index (κ3) is 4.21. The van der Waals surface area contributed by atoms with E-state index in [1.165, 1.54) is 7.11 Å². The van der Waals surface area contributed by atoms with Gasteiger partial charge in [0.05, 0.1) is 13.2 Å². The predicted molar refractivity (Wildman–Crippen MR) is 47.6 cm³/mol. The molecule has 0 aliphatic heterocycles. The van der Waals surface area contributed by atoms with Gasteiger partial charge in [0, 0.05) is 13.7 Å². The molecule has 0 aromatic carbocycles. The van der Waals surface area contributed by atoms with Gasteiger partial charge in [-0.15, -0.1) is 0 Å². The van der Waals surface area contributed by atoms with Crippen LogP contribution in [0.5, 0.6) is 0 Å². The van der Waals surface area contributed by atoms with Crippen LogP contribution in [-0.4, -0.2) is 60.5 Å². The molecule has 1 unspecified atom stereocenters. The van der Waals surface area contributed by atoms with Crippen LogP contribution in [0.3, 0.4) is 0 Å². The number of nitrogens with zero attached hydrogens (tertiary/aromatic N) is 1. The van der Waals surface area contributed by atoms with Gasteiger partial charge in [-0.25, -0.2) is 0 Å². The van der Waals surface area contributed by atoms with Crippen LogP contribution in [0.1, 0.15) is 6.92 Å². The van der Waals surface area contributed by atoms with Crippen LogP contribution in [-0.2, 0) is 9.53 Å². The van der Waals surface area contributed by atoms with Crippen LogP contribution >= 0.6 is 0 Å². The molecule has 0 heterocycles. The first-order chi connectivity index (χ1) is 6.17. The van der Waals surface area contributed by atoms with Crippen molar-refractivity contribution in [3.63, 3.8) is 0 Å². The molecule has 0 bridgehead atoms. The van der Waals surface area contributed by atoms with Gasteiger partial charge in [0.15, 0.2) is 0 Å². The van der Waals surface area contributed by atoms with Gasteiger partial charge in [0.2, 0.25) is 0 Å². The van der Waals surface area contributed by atoms with E-state index in [0.717, 1.165) is 0 Å². The van der Waals surface area contributed by atoms with Crippen LogP contribution < -0.4 is 0 Å². The number of aliphatic carboxylic acids is 1. The Hall–Kier alpha value is -0.650. The maximum absolute atomic E-state index is 10.8. The van der Waals surface area contributed by atoms with Crippen molar-refractivity contribution in [3.05, 3.63) is 0 Å². The zero-order valence-corrected chi connectivity index (χ0v) is 8.06. The molecule has 0 saturated heterocycles. The second-order valence-corrected chi connectivity index (χ2v) is 2.66. The molecule has 0 saturated carbocycles. The Balaban J connectivity index is 4.20. The fraction of sp³-hybridized carbons (Fsp3) is 0.875. The second-order valence-electron chi connectivity index (χ2n) is 2.66. The summed E-state index contributed by atoms with van der Waals surface area (Å²) in [6, 6.07) is -0.665. The predicted octanol–water partition coefficient (Wildman–Crippen LogP) is -0.600. The molecule has 0 amide bonds. The van der Waals surface area contributed by atoms with Crippen molar-refractivity contribution in [1.29, 1.82) is 0 Å². The molecule has 5 heteroatoms. The van der Waals surface area contributed by atoms with Gasteiger partial charge in [-0.2, -0.15) is 0 Å². The van der Waals surface area contributed by atoms with Crippen molar-refractivity contribution < 1.29 is 19.7 Å². The fourth-order valence-electron chi connectivity index (χ4n) is 1.15. The third-order valence-electron chi connectivity index (χ3n) is 1.84. The molecule has 0 aliphatic rings. The zero-order chi connectivity index (χ0) is 10.3. The Morgan fingerprint density at radius 2 is 2.23 bits per heavy atom. The average Bonchev–Trinajstić information content (AvgIpc) is 2.10.